The third-order valence-electron chi connectivity index (χ3n) is 11.7. The Morgan fingerprint density at radius 3 is 2.10 bits per heavy atom. The summed E-state index contributed by atoms with van der Waals surface area (Å²) in [5.74, 6) is -12.0. The first-order chi connectivity index (χ1) is 28.2. The number of amides is 2. The number of halogens is 5. The second-order valence-corrected chi connectivity index (χ2v) is 16.9. The van der Waals surface area contributed by atoms with Crippen molar-refractivity contribution in [1.29, 1.82) is 0 Å². The first-order valence-corrected chi connectivity index (χ1v) is 20.3. The second-order valence-electron chi connectivity index (χ2n) is 16.9. The van der Waals surface area contributed by atoms with Crippen molar-refractivity contribution in [2.45, 2.75) is 115 Å². The molecule has 0 radical (unpaired) electrons. The second kappa shape index (κ2) is 17.9. The molecular formula is C46H50F5N3O5. The highest BCUT2D eigenvalue weighted by Gasteiger charge is 2.44. The molecule has 0 aromatic heterocycles. The number of carbonyl (C=O) groups is 2. The van der Waals surface area contributed by atoms with E-state index in [1.165, 1.54) is 6.42 Å². The summed E-state index contributed by atoms with van der Waals surface area (Å²) >= 11 is 0. The fourth-order valence-corrected chi connectivity index (χ4v) is 8.76. The van der Waals surface area contributed by atoms with Crippen molar-refractivity contribution in [1.82, 2.24) is 15.5 Å². The van der Waals surface area contributed by atoms with E-state index in [1.54, 1.807) is 18.2 Å². The van der Waals surface area contributed by atoms with Crippen LogP contribution in [-0.2, 0) is 27.4 Å². The first-order valence-electron chi connectivity index (χ1n) is 20.3. The molecule has 2 heterocycles. The van der Waals surface area contributed by atoms with E-state index in [0.29, 0.717) is 30.5 Å². The minimum absolute atomic E-state index is 0.0461. The molecule has 6 atom stereocenters. The lowest BCUT2D eigenvalue weighted by atomic mass is 9.75. The number of aliphatic hydroxyl groups is 1. The van der Waals surface area contributed by atoms with E-state index in [2.05, 4.69) is 15.5 Å². The lowest BCUT2D eigenvalue weighted by molar-refractivity contribution is -0.255. The number of likely N-dealkylation sites (tertiary alicyclic amines) is 1. The van der Waals surface area contributed by atoms with E-state index in [9.17, 15) is 36.6 Å². The molecule has 8 nitrogen and oxygen atoms in total. The molecule has 2 saturated heterocycles. The van der Waals surface area contributed by atoms with Gasteiger partial charge in [-0.2, -0.15) is 0 Å². The molecule has 4 aromatic rings. The van der Waals surface area contributed by atoms with Gasteiger partial charge in [-0.25, -0.2) is 22.0 Å². The fraction of sp³-hybridized carbons (Fsp3) is 0.435. The predicted molar refractivity (Wildman–Crippen MR) is 211 cm³/mol. The van der Waals surface area contributed by atoms with Gasteiger partial charge in [0.1, 0.15) is 5.56 Å². The molecule has 1 saturated carbocycles. The van der Waals surface area contributed by atoms with Gasteiger partial charge in [0.25, 0.3) is 5.91 Å². The monoisotopic (exact) mass is 819 g/mol. The number of benzene rings is 4. The fourth-order valence-electron chi connectivity index (χ4n) is 8.76. The van der Waals surface area contributed by atoms with Crippen molar-refractivity contribution in [3.05, 3.63) is 130 Å². The van der Waals surface area contributed by atoms with Crippen molar-refractivity contribution in [3.8, 4) is 11.1 Å². The number of rotatable bonds is 10. The molecule has 0 spiro atoms. The van der Waals surface area contributed by atoms with Gasteiger partial charge in [-0.05, 0) is 86.3 Å². The Labute approximate surface area is 341 Å². The molecule has 314 valence electrons. The van der Waals surface area contributed by atoms with Crippen LogP contribution in [0.15, 0.2) is 72.8 Å². The average Bonchev–Trinajstić information content (AvgIpc) is 3.24. The minimum Gasteiger partial charge on any atom is -0.392 e. The molecule has 6 unspecified atom stereocenters. The van der Waals surface area contributed by atoms with Gasteiger partial charge in [0, 0.05) is 36.7 Å². The molecule has 3 N–H and O–H groups in total. The standard InChI is InChI=1S/C46H50F5N3O5/c1-46(2,3)53-43(56)35-20-19-29-8-4-5-10-34(29)54(35)24-33-22-36(30-13-11-26(25-55)12-14-30)59-45(58-33)31-17-15-28(16-18-31)32-9-6-7-27(21-32)23-52-44(57)37-38(47)40(49)42(51)41(50)39(37)48/h6-7,9,11-18,21,29,33-36,45,55H,4-5,8,10,19-20,22-25H2,1-3H3,(H,52,57)(H,53,56). The molecular weight excluding hydrogens is 770 g/mol. The molecule has 59 heavy (non-hydrogen) atoms. The number of carbonyl (C=O) groups excluding carboxylic acids is 2. The Kier molecular flexibility index (Phi) is 12.9. The van der Waals surface area contributed by atoms with Crippen LogP contribution in [0.1, 0.15) is 111 Å². The van der Waals surface area contributed by atoms with Crippen molar-refractivity contribution in [2.24, 2.45) is 5.92 Å². The van der Waals surface area contributed by atoms with Crippen molar-refractivity contribution < 1.29 is 46.1 Å². The first kappa shape index (κ1) is 42.4. The summed E-state index contributed by atoms with van der Waals surface area (Å²) in [6.45, 7) is 6.26. The van der Waals surface area contributed by atoms with Crippen LogP contribution < -0.4 is 10.6 Å². The minimum atomic E-state index is -2.34. The Balaban J connectivity index is 1.10. The number of nitrogens with one attached hydrogen (secondary N) is 2. The summed E-state index contributed by atoms with van der Waals surface area (Å²) in [6, 6.07) is 22.3. The lowest BCUT2D eigenvalue weighted by Crippen LogP contribution is -2.61. The number of nitrogens with zero attached hydrogens (tertiary/aromatic N) is 1. The van der Waals surface area contributed by atoms with Gasteiger partial charge in [0.2, 0.25) is 11.7 Å². The van der Waals surface area contributed by atoms with Crippen LogP contribution in [-0.4, -0.2) is 52.1 Å². The van der Waals surface area contributed by atoms with Crippen LogP contribution in [0, 0.1) is 35.0 Å². The van der Waals surface area contributed by atoms with Gasteiger partial charge in [0.05, 0.1) is 24.9 Å². The topological polar surface area (TPSA) is 100 Å². The predicted octanol–water partition coefficient (Wildman–Crippen LogP) is 8.95. The number of hydrogen-bond acceptors (Lipinski definition) is 6. The largest absolute Gasteiger partial charge is 0.392 e. The van der Waals surface area contributed by atoms with Gasteiger partial charge < -0.3 is 25.2 Å². The number of ether oxygens (including phenoxy) is 2. The zero-order valence-corrected chi connectivity index (χ0v) is 33.4. The zero-order chi connectivity index (χ0) is 42.0. The smallest absolute Gasteiger partial charge is 0.257 e. The van der Waals surface area contributed by atoms with Crippen molar-refractivity contribution in [2.75, 3.05) is 6.54 Å². The number of aliphatic hydroxyl groups excluding tert-OH is 1. The van der Waals surface area contributed by atoms with E-state index in [-0.39, 0.29) is 42.8 Å². The Bertz CT molecular complexity index is 2120. The van der Waals surface area contributed by atoms with Gasteiger partial charge in [0.15, 0.2) is 29.6 Å². The van der Waals surface area contributed by atoms with Crippen molar-refractivity contribution >= 4 is 11.8 Å². The van der Waals surface area contributed by atoms with Gasteiger partial charge in [-0.15, -0.1) is 0 Å². The van der Waals surface area contributed by atoms with Gasteiger partial charge in [-0.1, -0.05) is 79.6 Å². The van der Waals surface area contributed by atoms with Crippen LogP contribution in [0.5, 0.6) is 0 Å². The van der Waals surface area contributed by atoms with Gasteiger partial charge >= 0.3 is 0 Å². The Morgan fingerprint density at radius 2 is 1.42 bits per heavy atom. The number of fused-ring (bicyclic) bond motifs is 1. The van der Waals surface area contributed by atoms with E-state index in [1.807, 2.05) is 75.4 Å². The summed E-state index contributed by atoms with van der Waals surface area (Å²) in [6.07, 6.45) is 5.61. The Morgan fingerprint density at radius 1 is 0.763 bits per heavy atom. The SMILES string of the molecule is CC(C)(C)NC(=O)C1CCC2CCCCC2N1CC1CC(c2ccc(CO)cc2)OC(c2ccc(-c3cccc(CNC(=O)c4c(F)c(F)c(F)c(F)c4F)c3)cc2)O1. The third kappa shape index (κ3) is 9.54. The maximum atomic E-state index is 14.2. The zero-order valence-electron chi connectivity index (χ0n) is 33.4. The van der Waals surface area contributed by atoms with E-state index in [4.69, 9.17) is 9.47 Å². The molecule has 0 bridgehead atoms. The van der Waals surface area contributed by atoms with Crippen molar-refractivity contribution in [3.63, 3.8) is 0 Å². The average molecular weight is 820 g/mol. The third-order valence-corrected chi connectivity index (χ3v) is 11.7. The number of hydrogen-bond donors (Lipinski definition) is 3. The van der Waals surface area contributed by atoms with E-state index >= 15 is 0 Å². The summed E-state index contributed by atoms with van der Waals surface area (Å²) in [7, 11) is 0. The highest BCUT2D eigenvalue weighted by Crippen LogP contribution is 2.42. The van der Waals surface area contributed by atoms with E-state index in [0.717, 1.165) is 59.9 Å². The summed E-state index contributed by atoms with van der Waals surface area (Å²) in [5, 5.41) is 15.2. The van der Waals surface area contributed by atoms with Crippen LogP contribution in [0.2, 0.25) is 0 Å². The summed E-state index contributed by atoms with van der Waals surface area (Å²) in [5.41, 5.74) is 2.68. The molecule has 2 aliphatic heterocycles. The number of piperidine rings is 1. The maximum Gasteiger partial charge on any atom is 0.257 e. The van der Waals surface area contributed by atoms with E-state index < -0.39 is 46.8 Å². The molecule has 13 heteroatoms. The quantitative estimate of drug-likeness (QED) is 0.0840. The summed E-state index contributed by atoms with van der Waals surface area (Å²) < 4.78 is 82.8. The Hall–Kier alpha value is -4.69. The molecule has 3 aliphatic rings. The molecule has 3 fully saturated rings. The normalized spacial score (nSPS) is 23.7. The highest BCUT2D eigenvalue weighted by molar-refractivity contribution is 5.94. The maximum absolute atomic E-state index is 14.2. The van der Waals surface area contributed by atoms with Crippen LogP contribution in [0.4, 0.5) is 22.0 Å². The van der Waals surface area contributed by atoms with Crippen LogP contribution in [0.3, 0.4) is 0 Å². The molecule has 2 amide bonds. The van der Waals surface area contributed by atoms with Crippen LogP contribution >= 0.6 is 0 Å². The highest BCUT2D eigenvalue weighted by atomic mass is 19.2. The molecule has 1 aliphatic carbocycles. The summed E-state index contributed by atoms with van der Waals surface area (Å²) in [4.78, 5) is 28.8. The van der Waals surface area contributed by atoms with Crippen LogP contribution in [0.25, 0.3) is 11.1 Å². The lowest BCUT2D eigenvalue weighted by Gasteiger charge is -2.50. The molecule has 7 rings (SSSR count). The van der Waals surface area contributed by atoms with Gasteiger partial charge in [-0.3, -0.25) is 14.5 Å². The molecule has 4 aromatic carbocycles.